The van der Waals surface area contributed by atoms with Gasteiger partial charge in [0, 0.05) is 11.4 Å². The molecule has 1 atom stereocenters. The summed E-state index contributed by atoms with van der Waals surface area (Å²) in [6.45, 7) is 6.03. The molecule has 0 spiro atoms. The van der Waals surface area contributed by atoms with Crippen molar-refractivity contribution in [2.24, 2.45) is 5.41 Å². The van der Waals surface area contributed by atoms with Crippen LogP contribution in [-0.4, -0.2) is 19.8 Å². The molecule has 19 heavy (non-hydrogen) atoms. The third-order valence-corrected chi connectivity index (χ3v) is 5.30. The van der Waals surface area contributed by atoms with Crippen LogP contribution in [0.5, 0.6) is 0 Å². The van der Waals surface area contributed by atoms with Crippen molar-refractivity contribution in [2.45, 2.75) is 38.1 Å². The van der Waals surface area contributed by atoms with E-state index in [1.54, 1.807) is 18.2 Å². The first-order valence-electron chi connectivity index (χ1n) is 6.01. The number of sulfonamides is 1. The first-order valence-corrected chi connectivity index (χ1v) is 8.99. The van der Waals surface area contributed by atoms with E-state index in [1.165, 1.54) is 6.07 Å². The van der Waals surface area contributed by atoms with E-state index in [4.69, 9.17) is 11.6 Å². The molecule has 0 saturated carbocycles. The molecule has 0 bridgehead atoms. The maximum absolute atomic E-state index is 12.4. The SMILES string of the molecule is CC(C)(C)C(CCBr)NS(=O)(=O)c1ccccc1Cl. The lowest BCUT2D eigenvalue weighted by Crippen LogP contribution is -2.43. The summed E-state index contributed by atoms with van der Waals surface area (Å²) in [4.78, 5) is 0.125. The quantitative estimate of drug-likeness (QED) is 0.803. The maximum Gasteiger partial charge on any atom is 0.242 e. The minimum Gasteiger partial charge on any atom is -0.207 e. The average Bonchev–Trinajstić information content (AvgIpc) is 2.27. The summed E-state index contributed by atoms with van der Waals surface area (Å²) in [6.07, 6.45) is 0.715. The maximum atomic E-state index is 12.4. The van der Waals surface area contributed by atoms with E-state index in [0.29, 0.717) is 6.42 Å². The number of hydrogen-bond donors (Lipinski definition) is 1. The van der Waals surface area contributed by atoms with E-state index < -0.39 is 10.0 Å². The van der Waals surface area contributed by atoms with Gasteiger partial charge in [-0.25, -0.2) is 13.1 Å². The van der Waals surface area contributed by atoms with Crippen LogP contribution in [0.25, 0.3) is 0 Å². The van der Waals surface area contributed by atoms with Gasteiger partial charge in [-0.15, -0.1) is 0 Å². The van der Waals surface area contributed by atoms with Crippen molar-refractivity contribution in [1.29, 1.82) is 0 Å². The molecular formula is C13H19BrClNO2S. The molecule has 0 aliphatic carbocycles. The molecule has 0 radical (unpaired) electrons. The van der Waals surface area contributed by atoms with Crippen molar-refractivity contribution >= 4 is 37.6 Å². The zero-order chi connectivity index (χ0) is 14.7. The van der Waals surface area contributed by atoms with Gasteiger partial charge in [0.1, 0.15) is 4.90 Å². The fourth-order valence-electron chi connectivity index (χ4n) is 1.69. The first-order chi connectivity index (χ1) is 8.68. The van der Waals surface area contributed by atoms with Crippen LogP contribution in [0.15, 0.2) is 29.2 Å². The molecule has 1 unspecified atom stereocenters. The van der Waals surface area contributed by atoms with Crippen LogP contribution < -0.4 is 4.72 Å². The van der Waals surface area contributed by atoms with Gasteiger partial charge in [-0.2, -0.15) is 0 Å². The first kappa shape index (κ1) is 17.0. The number of rotatable bonds is 5. The molecule has 3 nitrogen and oxygen atoms in total. The lowest BCUT2D eigenvalue weighted by molar-refractivity contribution is 0.293. The molecule has 0 fully saturated rings. The molecule has 108 valence electrons. The van der Waals surface area contributed by atoms with Crippen LogP contribution in [0.4, 0.5) is 0 Å². The van der Waals surface area contributed by atoms with E-state index in [1.807, 2.05) is 20.8 Å². The van der Waals surface area contributed by atoms with Gasteiger partial charge < -0.3 is 0 Å². The predicted molar refractivity (Wildman–Crippen MR) is 83.4 cm³/mol. The Morgan fingerprint density at radius 1 is 1.32 bits per heavy atom. The topological polar surface area (TPSA) is 46.2 Å². The number of halogens is 2. The van der Waals surface area contributed by atoms with Crippen LogP contribution in [0.3, 0.4) is 0 Å². The highest BCUT2D eigenvalue weighted by Gasteiger charge is 2.29. The van der Waals surface area contributed by atoms with Crippen LogP contribution in [0.1, 0.15) is 27.2 Å². The average molecular weight is 369 g/mol. The second-order valence-corrected chi connectivity index (χ2v) is 8.33. The van der Waals surface area contributed by atoms with Gasteiger partial charge in [0.2, 0.25) is 10.0 Å². The normalized spacial score (nSPS) is 14.4. The summed E-state index contributed by atoms with van der Waals surface area (Å²) in [7, 11) is -3.60. The van der Waals surface area contributed by atoms with Gasteiger partial charge in [0.25, 0.3) is 0 Å². The smallest absolute Gasteiger partial charge is 0.207 e. The highest BCUT2D eigenvalue weighted by atomic mass is 79.9. The minimum absolute atomic E-state index is 0.125. The Labute approximate surface area is 128 Å². The summed E-state index contributed by atoms with van der Waals surface area (Å²) in [6, 6.07) is 6.30. The summed E-state index contributed by atoms with van der Waals surface area (Å²) in [5, 5.41) is 0.974. The molecule has 0 aromatic heterocycles. The third-order valence-electron chi connectivity index (χ3n) is 2.87. The van der Waals surface area contributed by atoms with Crippen LogP contribution >= 0.6 is 27.5 Å². The van der Waals surface area contributed by atoms with Crippen molar-refractivity contribution in [3.8, 4) is 0 Å². The second kappa shape index (κ2) is 6.57. The Hall–Kier alpha value is -0.100. The lowest BCUT2D eigenvalue weighted by atomic mass is 9.86. The van der Waals surface area contributed by atoms with Gasteiger partial charge in [0.15, 0.2) is 0 Å². The fraction of sp³-hybridized carbons (Fsp3) is 0.538. The zero-order valence-electron chi connectivity index (χ0n) is 11.3. The van der Waals surface area contributed by atoms with Gasteiger partial charge in [-0.3, -0.25) is 0 Å². The summed E-state index contributed by atoms with van der Waals surface area (Å²) in [5.41, 5.74) is -0.165. The molecule has 1 N–H and O–H groups in total. The molecule has 0 aliphatic heterocycles. The number of nitrogens with one attached hydrogen (secondary N) is 1. The highest BCUT2D eigenvalue weighted by Crippen LogP contribution is 2.26. The van der Waals surface area contributed by atoms with Crippen molar-refractivity contribution in [3.05, 3.63) is 29.3 Å². The van der Waals surface area contributed by atoms with Crippen LogP contribution in [0, 0.1) is 5.41 Å². The Kier molecular flexibility index (Phi) is 5.86. The van der Waals surface area contributed by atoms with Crippen molar-refractivity contribution in [3.63, 3.8) is 0 Å². The van der Waals surface area contributed by atoms with Crippen molar-refractivity contribution in [2.75, 3.05) is 5.33 Å². The monoisotopic (exact) mass is 367 g/mol. The third kappa shape index (κ3) is 4.74. The van der Waals surface area contributed by atoms with Gasteiger partial charge in [0.05, 0.1) is 5.02 Å². The molecule has 6 heteroatoms. The van der Waals surface area contributed by atoms with Crippen LogP contribution in [0.2, 0.25) is 5.02 Å². The summed E-state index contributed by atoms with van der Waals surface area (Å²) in [5.74, 6) is 0. The number of benzene rings is 1. The summed E-state index contributed by atoms with van der Waals surface area (Å²) < 4.78 is 27.5. The molecule has 0 saturated heterocycles. The number of hydrogen-bond acceptors (Lipinski definition) is 2. The Bertz CT molecular complexity index is 526. The zero-order valence-corrected chi connectivity index (χ0v) is 14.4. The fourth-order valence-corrected chi connectivity index (χ4v) is 4.14. The highest BCUT2D eigenvalue weighted by molar-refractivity contribution is 9.09. The molecule has 1 aromatic carbocycles. The van der Waals surface area contributed by atoms with Gasteiger partial charge in [-0.1, -0.05) is 60.4 Å². The van der Waals surface area contributed by atoms with Crippen molar-refractivity contribution < 1.29 is 8.42 Å². The van der Waals surface area contributed by atoms with Gasteiger partial charge in [-0.05, 0) is 24.0 Å². The molecule has 0 amide bonds. The summed E-state index contributed by atoms with van der Waals surface area (Å²) >= 11 is 9.31. The predicted octanol–water partition coefficient (Wildman–Crippen LogP) is 3.82. The van der Waals surface area contributed by atoms with E-state index in [-0.39, 0.29) is 21.4 Å². The molecule has 1 aromatic rings. The van der Waals surface area contributed by atoms with Crippen LogP contribution in [-0.2, 0) is 10.0 Å². The largest absolute Gasteiger partial charge is 0.242 e. The van der Waals surface area contributed by atoms with Crippen molar-refractivity contribution in [1.82, 2.24) is 4.72 Å². The van der Waals surface area contributed by atoms with E-state index >= 15 is 0 Å². The Morgan fingerprint density at radius 3 is 2.37 bits per heavy atom. The number of alkyl halides is 1. The van der Waals surface area contributed by atoms with Gasteiger partial charge >= 0.3 is 0 Å². The Balaban J connectivity index is 3.05. The van der Waals surface area contributed by atoms with E-state index in [2.05, 4.69) is 20.7 Å². The minimum atomic E-state index is -3.60. The van der Waals surface area contributed by atoms with E-state index in [9.17, 15) is 8.42 Å². The van der Waals surface area contributed by atoms with E-state index in [0.717, 1.165) is 5.33 Å². The second-order valence-electron chi connectivity index (χ2n) is 5.45. The Morgan fingerprint density at radius 2 is 1.89 bits per heavy atom. The molecule has 0 heterocycles. The molecular weight excluding hydrogens is 350 g/mol. The standard InChI is InChI=1S/C13H19BrClNO2S/c1-13(2,3)12(8-9-14)16-19(17,18)11-7-5-4-6-10(11)15/h4-7,12,16H,8-9H2,1-3H3. The molecule has 0 aliphatic rings. The molecule has 1 rings (SSSR count). The lowest BCUT2D eigenvalue weighted by Gasteiger charge is -2.31.